The average Bonchev–Trinajstić information content (AvgIpc) is 3.87. The van der Waals surface area contributed by atoms with E-state index in [-0.39, 0.29) is 18.7 Å². The summed E-state index contributed by atoms with van der Waals surface area (Å²) in [4.78, 5) is 65.9. The summed E-state index contributed by atoms with van der Waals surface area (Å²) < 4.78 is 1.78. The summed E-state index contributed by atoms with van der Waals surface area (Å²) in [5.74, 6) is 0.338. The molecule has 14 nitrogen and oxygen atoms in total. The van der Waals surface area contributed by atoms with Crippen molar-refractivity contribution in [1.82, 2.24) is 34.9 Å². The van der Waals surface area contributed by atoms with Crippen molar-refractivity contribution < 1.29 is 19.2 Å². The van der Waals surface area contributed by atoms with Gasteiger partial charge in [0.2, 0.25) is 17.8 Å². The largest absolute Gasteiger partial charge is 0.371 e. The standard InChI is InChI=1S/C43H46N10O4/c1-25-5-4-6-26(2)37(25)47-38-34-22-44-43(48-39(34)50(3)49-38)45-30-9-7-28(8-10-30)29-16-18-51(19-17-29)23-27-15-20-52(24-27)31-11-12-32-33(21-31)42(57)53(41(32)56)35-13-14-36(54)46-40(35)55/h4-12,21-22,27,29,35H,13-20,23-24H2,1-3H3,(H,47,49)(H,44,45,48)(H,46,54,55). The maximum atomic E-state index is 13.4. The maximum absolute atomic E-state index is 13.4. The number of hydrogen-bond donors (Lipinski definition) is 3. The molecule has 9 rings (SSSR count). The molecular formula is C43H46N10O4. The quantitative estimate of drug-likeness (QED) is 0.161. The normalized spacial score (nSPS) is 20.4. The Hall–Kier alpha value is -6.15. The molecule has 0 spiro atoms. The maximum Gasteiger partial charge on any atom is 0.262 e. The first-order valence-corrected chi connectivity index (χ1v) is 19.8. The van der Waals surface area contributed by atoms with Crippen molar-refractivity contribution in [3.8, 4) is 0 Å². The first kappa shape index (κ1) is 36.5. The number of carbonyl (C=O) groups excluding carboxylic acids is 4. The molecule has 0 saturated carbocycles. The molecule has 2 atom stereocenters. The van der Waals surface area contributed by atoms with Gasteiger partial charge in [-0.15, -0.1) is 0 Å². The number of para-hydroxylation sites is 1. The number of fused-ring (bicyclic) bond motifs is 2. The lowest BCUT2D eigenvalue weighted by Crippen LogP contribution is -2.54. The lowest BCUT2D eigenvalue weighted by Gasteiger charge is -2.34. The molecule has 14 heteroatoms. The van der Waals surface area contributed by atoms with Crippen molar-refractivity contribution in [3.63, 3.8) is 0 Å². The number of amides is 4. The molecule has 0 radical (unpaired) electrons. The summed E-state index contributed by atoms with van der Waals surface area (Å²) in [6, 6.07) is 19.3. The van der Waals surface area contributed by atoms with E-state index in [4.69, 9.17) is 10.1 Å². The van der Waals surface area contributed by atoms with Crippen LogP contribution < -0.4 is 20.9 Å². The Bertz CT molecular complexity index is 2400. The van der Waals surface area contributed by atoms with Crippen LogP contribution in [0.1, 0.15) is 75.4 Å². The van der Waals surface area contributed by atoms with Gasteiger partial charge in [-0.1, -0.05) is 30.3 Å². The number of carbonyl (C=O) groups is 4. The minimum absolute atomic E-state index is 0.102. The molecule has 4 aliphatic rings. The van der Waals surface area contributed by atoms with Gasteiger partial charge in [0.05, 0.1) is 16.5 Å². The van der Waals surface area contributed by atoms with Crippen molar-refractivity contribution >= 4 is 63.5 Å². The van der Waals surface area contributed by atoms with Crippen molar-refractivity contribution in [2.24, 2.45) is 13.0 Å². The van der Waals surface area contributed by atoms with E-state index in [1.165, 1.54) is 5.56 Å². The van der Waals surface area contributed by atoms with Crippen LogP contribution in [0.4, 0.5) is 28.8 Å². The first-order chi connectivity index (χ1) is 27.6. The molecule has 4 amide bonds. The van der Waals surface area contributed by atoms with Crippen LogP contribution in [0.25, 0.3) is 11.0 Å². The number of imide groups is 2. The predicted molar refractivity (Wildman–Crippen MR) is 217 cm³/mol. The van der Waals surface area contributed by atoms with Crippen LogP contribution >= 0.6 is 0 Å². The number of aromatic nitrogens is 4. The molecule has 0 bridgehead atoms. The Labute approximate surface area is 330 Å². The Morgan fingerprint density at radius 3 is 2.35 bits per heavy atom. The Kier molecular flexibility index (Phi) is 9.43. The molecule has 4 aliphatic heterocycles. The molecular weight excluding hydrogens is 721 g/mol. The summed E-state index contributed by atoms with van der Waals surface area (Å²) in [5, 5.41) is 14.7. The highest BCUT2D eigenvalue weighted by molar-refractivity contribution is 6.23. The molecule has 3 saturated heterocycles. The first-order valence-electron chi connectivity index (χ1n) is 19.8. The number of aryl methyl sites for hydroxylation is 3. The molecule has 3 N–H and O–H groups in total. The predicted octanol–water partition coefficient (Wildman–Crippen LogP) is 5.57. The molecule has 292 valence electrons. The Balaban J connectivity index is 0.766. The molecule has 6 heterocycles. The van der Waals surface area contributed by atoms with E-state index in [9.17, 15) is 19.2 Å². The number of benzene rings is 3. The fourth-order valence-electron chi connectivity index (χ4n) is 8.97. The molecule has 57 heavy (non-hydrogen) atoms. The lowest BCUT2D eigenvalue weighted by atomic mass is 9.89. The summed E-state index contributed by atoms with van der Waals surface area (Å²) >= 11 is 0. The number of nitrogens with one attached hydrogen (secondary N) is 3. The van der Waals surface area contributed by atoms with Gasteiger partial charge in [0.25, 0.3) is 11.8 Å². The molecule has 3 aromatic carbocycles. The van der Waals surface area contributed by atoms with Crippen LogP contribution in [0, 0.1) is 19.8 Å². The Morgan fingerprint density at radius 2 is 1.60 bits per heavy atom. The molecule has 2 unspecified atom stereocenters. The molecule has 0 aliphatic carbocycles. The van der Waals surface area contributed by atoms with Gasteiger partial charge in [-0.3, -0.25) is 29.4 Å². The average molecular weight is 767 g/mol. The second-order valence-electron chi connectivity index (χ2n) is 15.9. The van der Waals surface area contributed by atoms with Crippen LogP contribution in [0.5, 0.6) is 0 Å². The second kappa shape index (κ2) is 14.7. The van der Waals surface area contributed by atoms with E-state index in [2.05, 4.69) is 87.0 Å². The third kappa shape index (κ3) is 6.98. The SMILES string of the molecule is Cc1cccc(C)c1Nc1nn(C)c2nc(Nc3ccc(C4CCN(CC5CCN(c6ccc7c(c6)C(=O)N(C6CCC(=O)NC6=O)C7=O)C5)CC4)cc3)ncc12. The monoisotopic (exact) mass is 766 g/mol. The van der Waals surface area contributed by atoms with Gasteiger partial charge in [0.1, 0.15) is 6.04 Å². The van der Waals surface area contributed by atoms with Gasteiger partial charge in [-0.25, -0.2) is 9.67 Å². The van der Waals surface area contributed by atoms with Gasteiger partial charge in [-0.2, -0.15) is 10.1 Å². The topological polar surface area (TPSA) is 158 Å². The van der Waals surface area contributed by atoms with Crippen molar-refractivity contribution in [2.75, 3.05) is 48.3 Å². The third-order valence-corrected chi connectivity index (χ3v) is 12.1. The van der Waals surface area contributed by atoms with Crippen molar-refractivity contribution in [2.45, 2.75) is 57.9 Å². The summed E-state index contributed by atoms with van der Waals surface area (Å²) in [6.07, 6.45) is 5.33. The minimum Gasteiger partial charge on any atom is -0.371 e. The number of rotatable bonds is 9. The van der Waals surface area contributed by atoms with Crippen LogP contribution in [0.3, 0.4) is 0 Å². The van der Waals surface area contributed by atoms with E-state index in [1.807, 2.05) is 19.3 Å². The minimum atomic E-state index is -0.961. The number of nitrogens with zero attached hydrogens (tertiary/aromatic N) is 7. The summed E-state index contributed by atoms with van der Waals surface area (Å²) in [7, 11) is 1.89. The second-order valence-corrected chi connectivity index (χ2v) is 15.9. The van der Waals surface area contributed by atoms with E-state index in [0.29, 0.717) is 28.9 Å². The number of likely N-dealkylation sites (tertiary alicyclic amines) is 1. The van der Waals surface area contributed by atoms with Gasteiger partial charge < -0.3 is 20.4 Å². The van der Waals surface area contributed by atoms with Crippen molar-refractivity contribution in [3.05, 3.63) is 94.7 Å². The highest BCUT2D eigenvalue weighted by Gasteiger charge is 2.45. The van der Waals surface area contributed by atoms with Gasteiger partial charge in [0, 0.05) is 56.4 Å². The molecule has 5 aromatic rings. The van der Waals surface area contributed by atoms with Crippen LogP contribution in [-0.4, -0.2) is 91.9 Å². The van der Waals surface area contributed by atoms with Crippen LogP contribution in [0.15, 0.2) is 66.9 Å². The fraction of sp³-hybridized carbons (Fsp3) is 0.372. The van der Waals surface area contributed by atoms with E-state index in [1.54, 1.807) is 16.8 Å². The Morgan fingerprint density at radius 1 is 0.842 bits per heavy atom. The molecule has 3 fully saturated rings. The summed E-state index contributed by atoms with van der Waals surface area (Å²) in [5.41, 5.74) is 7.92. The van der Waals surface area contributed by atoms with Gasteiger partial charge in [0.15, 0.2) is 11.5 Å². The van der Waals surface area contributed by atoms with Crippen LogP contribution in [0.2, 0.25) is 0 Å². The smallest absolute Gasteiger partial charge is 0.262 e. The van der Waals surface area contributed by atoms with Crippen LogP contribution in [-0.2, 0) is 16.6 Å². The zero-order valence-electron chi connectivity index (χ0n) is 32.4. The van der Waals surface area contributed by atoms with E-state index < -0.39 is 23.8 Å². The number of anilines is 5. The van der Waals surface area contributed by atoms with Gasteiger partial charge in [-0.05, 0) is 111 Å². The summed E-state index contributed by atoms with van der Waals surface area (Å²) in [6.45, 7) is 9.05. The van der Waals surface area contributed by atoms with Crippen molar-refractivity contribution in [1.29, 1.82) is 0 Å². The highest BCUT2D eigenvalue weighted by atomic mass is 16.2. The zero-order valence-corrected chi connectivity index (χ0v) is 32.4. The lowest BCUT2D eigenvalue weighted by molar-refractivity contribution is -0.136. The van der Waals surface area contributed by atoms with Gasteiger partial charge >= 0.3 is 0 Å². The fourth-order valence-corrected chi connectivity index (χ4v) is 8.97. The number of hydrogen-bond acceptors (Lipinski definition) is 11. The third-order valence-electron chi connectivity index (χ3n) is 12.1. The number of piperidine rings is 2. The molecule has 2 aromatic heterocycles. The highest BCUT2D eigenvalue weighted by Crippen LogP contribution is 2.35. The van der Waals surface area contributed by atoms with E-state index >= 15 is 0 Å². The van der Waals surface area contributed by atoms with E-state index in [0.717, 1.165) is 102 Å². The zero-order chi connectivity index (χ0) is 39.4.